The van der Waals surface area contributed by atoms with Gasteiger partial charge in [-0.2, -0.15) is 0 Å². The van der Waals surface area contributed by atoms with Crippen molar-refractivity contribution in [3.05, 3.63) is 29.3 Å². The van der Waals surface area contributed by atoms with Gasteiger partial charge in [-0.05, 0) is 31.0 Å². The summed E-state index contributed by atoms with van der Waals surface area (Å²) in [5.41, 5.74) is 2.26. The first-order valence-corrected chi connectivity index (χ1v) is 8.23. The summed E-state index contributed by atoms with van der Waals surface area (Å²) in [6, 6.07) is 5.83. The zero-order valence-electron chi connectivity index (χ0n) is 14.4. The molecule has 1 fully saturated rings. The van der Waals surface area contributed by atoms with Crippen LogP contribution in [0.3, 0.4) is 0 Å². The van der Waals surface area contributed by atoms with E-state index in [-0.39, 0.29) is 11.8 Å². The zero-order valence-corrected chi connectivity index (χ0v) is 14.4. The van der Waals surface area contributed by atoms with Crippen LogP contribution in [0.2, 0.25) is 0 Å². The zero-order chi connectivity index (χ0) is 17.5. The molecule has 24 heavy (non-hydrogen) atoms. The largest absolute Gasteiger partial charge is 0.342 e. The number of hydrogen-bond donors (Lipinski definition) is 0. The smallest absolute Gasteiger partial charge is 0.236 e. The first-order valence-electron chi connectivity index (χ1n) is 8.23. The third kappa shape index (κ3) is 2.66. The molecule has 0 bridgehead atoms. The van der Waals surface area contributed by atoms with Gasteiger partial charge in [0.05, 0.1) is 11.8 Å². The molecule has 2 aliphatic rings. The van der Waals surface area contributed by atoms with Crippen LogP contribution in [-0.4, -0.2) is 61.3 Å². The lowest BCUT2D eigenvalue weighted by atomic mass is 9.85. The fraction of sp³-hybridized carbons (Fsp3) is 0.500. The van der Waals surface area contributed by atoms with Gasteiger partial charge in [-0.15, -0.1) is 0 Å². The molecule has 2 aliphatic heterocycles. The Balaban J connectivity index is 1.74. The molecule has 0 N–H and O–H groups in total. The molecule has 0 unspecified atom stereocenters. The number of amides is 3. The summed E-state index contributed by atoms with van der Waals surface area (Å²) in [4.78, 5) is 40.7. The number of piperazine rings is 1. The van der Waals surface area contributed by atoms with E-state index in [4.69, 9.17) is 0 Å². The van der Waals surface area contributed by atoms with E-state index in [9.17, 15) is 14.4 Å². The Morgan fingerprint density at radius 1 is 1.21 bits per heavy atom. The van der Waals surface area contributed by atoms with E-state index < -0.39 is 5.41 Å². The van der Waals surface area contributed by atoms with E-state index >= 15 is 0 Å². The molecule has 1 saturated heterocycles. The van der Waals surface area contributed by atoms with Gasteiger partial charge in [0.1, 0.15) is 0 Å². The molecule has 0 aliphatic carbocycles. The minimum absolute atomic E-state index is 0.0657. The van der Waals surface area contributed by atoms with Crippen LogP contribution in [0.25, 0.3) is 0 Å². The van der Waals surface area contributed by atoms with Crippen molar-refractivity contribution in [2.75, 3.05) is 38.1 Å². The summed E-state index contributed by atoms with van der Waals surface area (Å²) in [5.74, 6) is 0.141. The number of benzene rings is 1. The minimum Gasteiger partial charge on any atom is -0.342 e. The third-order valence-electron chi connectivity index (χ3n) is 5.11. The number of rotatable bonds is 3. The van der Waals surface area contributed by atoms with E-state index in [0.29, 0.717) is 32.6 Å². The summed E-state index contributed by atoms with van der Waals surface area (Å²) < 4.78 is 0. The Hall–Kier alpha value is -2.37. The fourth-order valence-electron chi connectivity index (χ4n) is 3.49. The van der Waals surface area contributed by atoms with Crippen molar-refractivity contribution in [2.45, 2.75) is 25.7 Å². The molecule has 128 valence electrons. The number of anilines is 1. The summed E-state index contributed by atoms with van der Waals surface area (Å²) in [5, 5.41) is 0. The maximum absolute atomic E-state index is 12.5. The van der Waals surface area contributed by atoms with Crippen LogP contribution in [0.15, 0.2) is 18.2 Å². The van der Waals surface area contributed by atoms with Gasteiger partial charge in [0.25, 0.3) is 0 Å². The molecule has 0 aromatic heterocycles. The number of likely N-dealkylation sites (N-methyl/N-ethyl adjacent to an activating group) is 1. The lowest BCUT2D eigenvalue weighted by Crippen LogP contribution is -2.48. The molecule has 6 heteroatoms. The van der Waals surface area contributed by atoms with Crippen LogP contribution >= 0.6 is 0 Å². The maximum atomic E-state index is 12.5. The molecule has 0 spiro atoms. The summed E-state index contributed by atoms with van der Waals surface area (Å²) >= 11 is 0. The van der Waals surface area contributed by atoms with Gasteiger partial charge < -0.3 is 14.7 Å². The van der Waals surface area contributed by atoms with Gasteiger partial charge in [0.2, 0.25) is 18.2 Å². The molecule has 0 radical (unpaired) electrons. The van der Waals surface area contributed by atoms with E-state index in [2.05, 4.69) is 0 Å². The first-order chi connectivity index (χ1) is 11.3. The highest BCUT2D eigenvalue weighted by atomic mass is 16.2. The molecule has 2 heterocycles. The van der Waals surface area contributed by atoms with Gasteiger partial charge in [-0.1, -0.05) is 12.1 Å². The average Bonchev–Trinajstić information content (AvgIpc) is 2.76. The number of carbonyl (C=O) groups is 3. The van der Waals surface area contributed by atoms with E-state index in [1.165, 1.54) is 0 Å². The molecule has 6 nitrogen and oxygen atoms in total. The third-order valence-corrected chi connectivity index (χ3v) is 5.11. The predicted molar refractivity (Wildman–Crippen MR) is 90.8 cm³/mol. The molecular weight excluding hydrogens is 306 g/mol. The van der Waals surface area contributed by atoms with E-state index in [0.717, 1.165) is 23.2 Å². The molecule has 0 atom stereocenters. The van der Waals surface area contributed by atoms with Crippen molar-refractivity contribution in [3.63, 3.8) is 0 Å². The second kappa shape index (κ2) is 5.92. The Labute approximate surface area is 142 Å². The minimum atomic E-state index is -0.557. The monoisotopic (exact) mass is 329 g/mol. The molecule has 0 saturated carbocycles. The average molecular weight is 329 g/mol. The lowest BCUT2D eigenvalue weighted by Gasteiger charge is -2.32. The fourth-order valence-corrected chi connectivity index (χ4v) is 3.49. The Bertz CT molecular complexity index is 691. The van der Waals surface area contributed by atoms with Crippen LogP contribution in [0.1, 0.15) is 25.0 Å². The van der Waals surface area contributed by atoms with Gasteiger partial charge in [-0.25, -0.2) is 0 Å². The van der Waals surface area contributed by atoms with Crippen LogP contribution in [0.4, 0.5) is 5.69 Å². The van der Waals surface area contributed by atoms with Crippen LogP contribution < -0.4 is 4.90 Å². The summed E-state index contributed by atoms with van der Waals surface area (Å²) in [6.45, 7) is 6.17. The van der Waals surface area contributed by atoms with Gasteiger partial charge >= 0.3 is 0 Å². The molecule has 1 aromatic carbocycles. The molecule has 3 amide bonds. The van der Waals surface area contributed by atoms with Crippen LogP contribution in [0.5, 0.6) is 0 Å². The quantitative estimate of drug-likeness (QED) is 0.770. The second-order valence-electron chi connectivity index (χ2n) is 7.04. The Morgan fingerprint density at radius 3 is 2.50 bits per heavy atom. The molecular formula is C18H23N3O3. The Morgan fingerprint density at radius 2 is 1.88 bits per heavy atom. The second-order valence-corrected chi connectivity index (χ2v) is 7.04. The summed E-state index contributed by atoms with van der Waals surface area (Å²) in [6.07, 6.45) is 1.15. The standard InChI is InChI=1S/C18H23N3O3/c1-18(2)14-10-13(4-5-15(14)19(3)17(18)24)11-16(23)21-8-6-20(12-22)7-9-21/h4-5,10,12H,6-9,11H2,1-3H3. The number of nitrogens with zero attached hydrogens (tertiary/aromatic N) is 3. The van der Waals surface area contributed by atoms with Crippen LogP contribution in [-0.2, 0) is 26.2 Å². The predicted octanol–water partition coefficient (Wildman–Crippen LogP) is 0.784. The Kier molecular flexibility index (Phi) is 4.07. The first kappa shape index (κ1) is 16.5. The lowest BCUT2D eigenvalue weighted by molar-refractivity contribution is -0.134. The van der Waals surface area contributed by atoms with Crippen molar-refractivity contribution < 1.29 is 14.4 Å². The number of fused-ring (bicyclic) bond motifs is 1. The number of hydrogen-bond acceptors (Lipinski definition) is 3. The number of carbonyl (C=O) groups excluding carboxylic acids is 3. The summed E-state index contributed by atoms with van der Waals surface area (Å²) in [7, 11) is 1.78. The maximum Gasteiger partial charge on any atom is 0.236 e. The van der Waals surface area contributed by atoms with Crippen LogP contribution in [0, 0.1) is 0 Å². The van der Waals surface area contributed by atoms with Gasteiger partial charge in [0.15, 0.2) is 0 Å². The SMILES string of the molecule is CN1C(=O)C(C)(C)c2cc(CC(=O)N3CCN(C=O)CC3)ccc21. The highest BCUT2D eigenvalue weighted by Gasteiger charge is 2.42. The topological polar surface area (TPSA) is 60.9 Å². The molecule has 3 rings (SSSR count). The van der Waals surface area contributed by atoms with Crippen molar-refractivity contribution in [1.29, 1.82) is 0 Å². The van der Waals surface area contributed by atoms with E-state index in [1.807, 2.05) is 32.0 Å². The normalized spacial score (nSPS) is 19.5. The van der Waals surface area contributed by atoms with Gasteiger partial charge in [0, 0.05) is 38.9 Å². The van der Waals surface area contributed by atoms with Gasteiger partial charge in [-0.3, -0.25) is 14.4 Å². The van der Waals surface area contributed by atoms with Crippen molar-refractivity contribution in [3.8, 4) is 0 Å². The van der Waals surface area contributed by atoms with Crippen molar-refractivity contribution >= 4 is 23.9 Å². The van der Waals surface area contributed by atoms with Crippen molar-refractivity contribution in [1.82, 2.24) is 9.80 Å². The highest BCUT2D eigenvalue weighted by molar-refractivity contribution is 6.07. The van der Waals surface area contributed by atoms with E-state index in [1.54, 1.807) is 21.7 Å². The van der Waals surface area contributed by atoms with Crippen molar-refractivity contribution in [2.24, 2.45) is 0 Å². The molecule has 1 aromatic rings. The highest BCUT2D eigenvalue weighted by Crippen LogP contribution is 2.41.